The Hall–Kier alpha value is -2.62. The van der Waals surface area contributed by atoms with Crippen LogP contribution >= 0.6 is 0 Å². The zero-order chi connectivity index (χ0) is 23.7. The average molecular weight is 479 g/mol. The van der Waals surface area contributed by atoms with E-state index in [1.54, 1.807) is 0 Å². The number of rotatable bonds is 4. The number of alkyl halides is 1. The molecule has 8 nitrogen and oxygen atoms in total. The topological polar surface area (TPSA) is 68.5 Å². The number of aryl methyl sites for hydroxylation is 2. The molecule has 4 aliphatic rings. The molecule has 0 N–H and O–H groups in total. The zero-order valence-electron chi connectivity index (χ0n) is 20.2. The number of hydrogen-bond acceptors (Lipinski definition) is 7. The Balaban J connectivity index is 1.22. The van der Waals surface area contributed by atoms with E-state index in [-0.39, 0.29) is 5.92 Å². The number of anilines is 1. The summed E-state index contributed by atoms with van der Waals surface area (Å²) in [5.41, 5.74) is 3.16. The van der Waals surface area contributed by atoms with Gasteiger partial charge in [-0.05, 0) is 56.5 Å². The van der Waals surface area contributed by atoms with Crippen LogP contribution in [0.3, 0.4) is 0 Å². The Morgan fingerprint density at radius 2 is 1.86 bits per heavy atom. The molecule has 6 heterocycles. The third kappa shape index (κ3) is 3.63. The molecule has 2 aromatic heterocycles. The maximum atomic E-state index is 15.4. The summed E-state index contributed by atoms with van der Waals surface area (Å²) in [6.07, 6.45) is 3.15. The monoisotopic (exact) mass is 478 g/mol. The van der Waals surface area contributed by atoms with Crippen molar-refractivity contribution in [2.45, 2.75) is 57.0 Å². The molecular formula is C26H31FN6O2. The van der Waals surface area contributed by atoms with Gasteiger partial charge in [0.2, 0.25) is 0 Å². The summed E-state index contributed by atoms with van der Waals surface area (Å²) in [6, 6.07) is 7.06. The molecule has 184 valence electrons. The lowest BCUT2D eigenvalue weighted by Gasteiger charge is -2.43. The summed E-state index contributed by atoms with van der Waals surface area (Å²) < 4.78 is 28.4. The van der Waals surface area contributed by atoms with E-state index in [4.69, 9.17) is 19.4 Å². The Morgan fingerprint density at radius 1 is 1.00 bits per heavy atom. The van der Waals surface area contributed by atoms with Crippen molar-refractivity contribution in [2.24, 2.45) is 0 Å². The van der Waals surface area contributed by atoms with Gasteiger partial charge in [0.25, 0.3) is 0 Å². The Morgan fingerprint density at radius 3 is 2.57 bits per heavy atom. The van der Waals surface area contributed by atoms with Crippen LogP contribution in [-0.4, -0.2) is 88.5 Å². The third-order valence-corrected chi connectivity index (χ3v) is 8.29. The molecule has 2 unspecified atom stereocenters. The molecule has 0 spiro atoms. The summed E-state index contributed by atoms with van der Waals surface area (Å²) >= 11 is 0. The average Bonchev–Trinajstić information content (AvgIpc) is 3.53. The van der Waals surface area contributed by atoms with E-state index in [2.05, 4.69) is 34.0 Å². The van der Waals surface area contributed by atoms with Gasteiger partial charge >= 0.3 is 0 Å². The molecule has 7 rings (SSSR count). The van der Waals surface area contributed by atoms with Crippen molar-refractivity contribution < 1.29 is 13.9 Å². The third-order valence-electron chi connectivity index (χ3n) is 8.29. The van der Waals surface area contributed by atoms with Crippen LogP contribution in [0.4, 0.5) is 10.2 Å². The van der Waals surface area contributed by atoms with Gasteiger partial charge in [0, 0.05) is 30.5 Å². The molecule has 0 amide bonds. The predicted molar refractivity (Wildman–Crippen MR) is 130 cm³/mol. The molecule has 0 saturated carbocycles. The summed E-state index contributed by atoms with van der Waals surface area (Å²) in [4.78, 5) is 14.0. The molecule has 35 heavy (non-hydrogen) atoms. The second kappa shape index (κ2) is 8.21. The normalized spacial score (nSPS) is 29.3. The van der Waals surface area contributed by atoms with Gasteiger partial charge in [-0.15, -0.1) is 0 Å². The number of ether oxygens (including phenoxy) is 2. The second-order valence-electron chi connectivity index (χ2n) is 10.6. The SMILES string of the molecule is Cc1nc(N2C[C@H]3C[C@@H]2CO3)cc(-n2ncc3cc(C)c(C4CCN(C5COC5)CC4F)cc32)n1. The summed E-state index contributed by atoms with van der Waals surface area (Å²) in [5.74, 6) is 2.28. The number of fused-ring (bicyclic) bond motifs is 3. The number of piperidine rings is 1. The predicted octanol–water partition coefficient (Wildman–Crippen LogP) is 2.94. The van der Waals surface area contributed by atoms with Crippen LogP contribution in [0.1, 0.15) is 35.7 Å². The highest BCUT2D eigenvalue weighted by Gasteiger charge is 2.40. The van der Waals surface area contributed by atoms with Crippen molar-refractivity contribution in [1.29, 1.82) is 0 Å². The first kappa shape index (κ1) is 21.6. The fourth-order valence-corrected chi connectivity index (χ4v) is 6.30. The van der Waals surface area contributed by atoms with E-state index >= 15 is 4.39 Å². The minimum atomic E-state index is -0.891. The maximum absolute atomic E-state index is 15.4. The zero-order valence-corrected chi connectivity index (χ0v) is 20.2. The molecule has 2 bridgehead atoms. The van der Waals surface area contributed by atoms with E-state index in [0.717, 1.165) is 79.4 Å². The van der Waals surface area contributed by atoms with Gasteiger partial charge in [0.15, 0.2) is 5.82 Å². The maximum Gasteiger partial charge on any atom is 0.159 e. The Labute approximate surface area is 204 Å². The molecule has 4 aliphatic heterocycles. The van der Waals surface area contributed by atoms with E-state index in [1.807, 2.05) is 23.9 Å². The first-order chi connectivity index (χ1) is 17.0. The number of nitrogens with zero attached hydrogens (tertiary/aromatic N) is 6. The van der Waals surface area contributed by atoms with Crippen molar-refractivity contribution in [3.8, 4) is 5.82 Å². The van der Waals surface area contributed by atoms with Crippen LogP contribution in [0.15, 0.2) is 24.4 Å². The van der Waals surface area contributed by atoms with Gasteiger partial charge in [0.1, 0.15) is 17.8 Å². The Kier molecular flexibility index (Phi) is 5.08. The number of hydrogen-bond donors (Lipinski definition) is 0. The highest BCUT2D eigenvalue weighted by atomic mass is 19.1. The lowest BCUT2D eigenvalue weighted by Crippen LogP contribution is -2.54. The molecule has 9 heteroatoms. The van der Waals surface area contributed by atoms with E-state index in [0.29, 0.717) is 30.6 Å². The van der Waals surface area contributed by atoms with Crippen LogP contribution in [-0.2, 0) is 9.47 Å². The molecule has 4 fully saturated rings. The molecule has 1 aromatic carbocycles. The van der Waals surface area contributed by atoms with E-state index < -0.39 is 6.17 Å². The highest BCUT2D eigenvalue weighted by Crippen LogP contribution is 2.37. The first-order valence-electron chi connectivity index (χ1n) is 12.7. The van der Waals surface area contributed by atoms with Gasteiger partial charge in [-0.3, -0.25) is 4.90 Å². The number of halogens is 1. The molecule has 0 radical (unpaired) electrons. The Bertz CT molecular complexity index is 1280. The van der Waals surface area contributed by atoms with Gasteiger partial charge in [-0.2, -0.15) is 5.10 Å². The van der Waals surface area contributed by atoms with Crippen molar-refractivity contribution in [3.05, 3.63) is 41.3 Å². The number of morpholine rings is 1. The molecular weight excluding hydrogens is 447 g/mol. The van der Waals surface area contributed by atoms with Crippen molar-refractivity contribution in [1.82, 2.24) is 24.6 Å². The summed E-state index contributed by atoms with van der Waals surface area (Å²) in [5, 5.41) is 5.73. The molecule has 4 atom stereocenters. The van der Waals surface area contributed by atoms with Crippen molar-refractivity contribution in [3.63, 3.8) is 0 Å². The minimum Gasteiger partial charge on any atom is -0.378 e. The second-order valence-corrected chi connectivity index (χ2v) is 10.6. The van der Waals surface area contributed by atoms with Gasteiger partial charge < -0.3 is 14.4 Å². The summed E-state index contributed by atoms with van der Waals surface area (Å²) in [6.45, 7) is 8.48. The van der Waals surface area contributed by atoms with Crippen LogP contribution < -0.4 is 4.90 Å². The lowest BCUT2D eigenvalue weighted by molar-refractivity contribution is -0.0807. The van der Waals surface area contributed by atoms with E-state index in [9.17, 15) is 0 Å². The molecule has 3 aromatic rings. The summed E-state index contributed by atoms with van der Waals surface area (Å²) in [7, 11) is 0. The van der Waals surface area contributed by atoms with Gasteiger partial charge in [-0.1, -0.05) is 0 Å². The first-order valence-corrected chi connectivity index (χ1v) is 12.7. The van der Waals surface area contributed by atoms with Crippen LogP contribution in [0.2, 0.25) is 0 Å². The number of likely N-dealkylation sites (tertiary alicyclic amines) is 1. The highest BCUT2D eigenvalue weighted by molar-refractivity contribution is 5.82. The van der Waals surface area contributed by atoms with Crippen LogP contribution in [0.5, 0.6) is 0 Å². The minimum absolute atomic E-state index is 0.108. The van der Waals surface area contributed by atoms with Crippen molar-refractivity contribution in [2.75, 3.05) is 44.4 Å². The van der Waals surface area contributed by atoms with Crippen LogP contribution in [0, 0.1) is 13.8 Å². The number of aromatic nitrogens is 4. The largest absolute Gasteiger partial charge is 0.378 e. The smallest absolute Gasteiger partial charge is 0.159 e. The quantitative estimate of drug-likeness (QED) is 0.571. The number of benzene rings is 1. The fraction of sp³-hybridized carbons (Fsp3) is 0.577. The standard InChI is InChI=1S/C26H31FN6O2/c1-15-5-17-9-28-33(26-8-25(29-16(2)30-26)32-10-20-6-18(32)14-35-20)24(17)7-22(15)21-3-4-31(11-23(21)27)19-12-34-13-19/h5,7-9,18-21,23H,3-4,6,10-14H2,1-2H3/t18-,20-,21?,23?/m1/s1. The fourth-order valence-electron chi connectivity index (χ4n) is 6.30. The van der Waals surface area contributed by atoms with Gasteiger partial charge in [0.05, 0.1) is 49.7 Å². The molecule has 0 aliphatic carbocycles. The lowest BCUT2D eigenvalue weighted by atomic mass is 9.84. The van der Waals surface area contributed by atoms with Crippen LogP contribution in [0.25, 0.3) is 16.7 Å². The molecule has 4 saturated heterocycles. The van der Waals surface area contributed by atoms with E-state index in [1.165, 1.54) is 0 Å². The van der Waals surface area contributed by atoms with Gasteiger partial charge in [-0.25, -0.2) is 19.0 Å². The van der Waals surface area contributed by atoms with Crippen molar-refractivity contribution >= 4 is 16.7 Å².